The third-order valence-corrected chi connectivity index (χ3v) is 9.98. The molecule has 1 aromatic rings. The standard InChI is InChI=1S/C31H41Cl2N5O7.C4H10/c1-16(18-11-6-5-7-12-18)45-21(39)14-35-29(44)37-25(30(2,3)4)28(43)38-15-19-22(31(19,32)33)23(38)27(42)36-20(24(40)26(34)41)13-17-9-8-10-17;1-4(2)3/h5-7,11-12,16-17,19-20,22-23,25H,8-10,13-15H2,1-4H3,(H2,34,41)(H,36,42)(H2,35,37,44);4H,1-3H3/t16?,19-,20?,22-,23?,25?;/m0./s1. The molecule has 0 spiro atoms. The van der Waals surface area contributed by atoms with Crippen LogP contribution in [0.2, 0.25) is 0 Å². The highest BCUT2D eigenvalue weighted by Gasteiger charge is 2.74. The number of hydrogen-bond acceptors (Lipinski definition) is 7. The molecule has 5 amide bonds. The van der Waals surface area contributed by atoms with E-state index in [9.17, 15) is 28.8 Å². The highest BCUT2D eigenvalue weighted by Crippen LogP contribution is 2.65. The smallest absolute Gasteiger partial charge is 0.326 e. The van der Waals surface area contributed by atoms with Crippen LogP contribution in [0.1, 0.15) is 85.8 Å². The van der Waals surface area contributed by atoms with Gasteiger partial charge in [-0.25, -0.2) is 4.79 Å². The number of rotatable bonds is 12. The Bertz CT molecular complexity index is 1380. The van der Waals surface area contributed by atoms with Gasteiger partial charge in [-0.3, -0.25) is 24.0 Å². The molecule has 4 unspecified atom stereocenters. The average Bonchev–Trinajstić information content (AvgIpc) is 3.30. The van der Waals surface area contributed by atoms with Crippen molar-refractivity contribution < 1.29 is 33.5 Å². The molecule has 1 heterocycles. The second kappa shape index (κ2) is 16.6. The van der Waals surface area contributed by atoms with Gasteiger partial charge in [0.25, 0.3) is 5.91 Å². The summed E-state index contributed by atoms with van der Waals surface area (Å²) in [7, 11) is 0. The van der Waals surface area contributed by atoms with Crippen LogP contribution in [0.15, 0.2) is 30.3 Å². The van der Waals surface area contributed by atoms with Gasteiger partial charge in [-0.05, 0) is 36.2 Å². The first-order valence-electron chi connectivity index (χ1n) is 16.9. The normalized spacial score (nSPS) is 22.6. The molecular formula is C35H51Cl2N5O7. The van der Waals surface area contributed by atoms with Crippen molar-refractivity contribution in [2.24, 2.45) is 34.8 Å². The molecule has 3 aliphatic rings. The Kier molecular flexibility index (Phi) is 13.5. The van der Waals surface area contributed by atoms with Crippen LogP contribution in [0.5, 0.6) is 0 Å². The predicted molar refractivity (Wildman–Crippen MR) is 186 cm³/mol. The van der Waals surface area contributed by atoms with Crippen LogP contribution < -0.4 is 21.7 Å². The van der Waals surface area contributed by atoms with Crippen LogP contribution in [0.3, 0.4) is 0 Å². The van der Waals surface area contributed by atoms with Crippen LogP contribution in [0.4, 0.5) is 4.79 Å². The number of carbonyl (C=O) groups is 6. The number of esters is 1. The Labute approximate surface area is 298 Å². The number of primary amides is 1. The molecular weight excluding hydrogens is 673 g/mol. The Balaban J connectivity index is 0.00000154. The van der Waals surface area contributed by atoms with Gasteiger partial charge < -0.3 is 31.3 Å². The van der Waals surface area contributed by atoms with E-state index in [1.807, 2.05) is 30.3 Å². The fraction of sp³-hybridized carbons (Fsp3) is 0.657. The third-order valence-electron chi connectivity index (χ3n) is 8.91. The van der Waals surface area contributed by atoms with Crippen LogP contribution in [-0.4, -0.2) is 76.0 Å². The number of Topliss-reactive ketones (excluding diaryl/α,β-unsaturated/α-hetero) is 1. The van der Waals surface area contributed by atoms with Gasteiger partial charge >= 0.3 is 12.0 Å². The molecule has 0 radical (unpaired) electrons. The number of urea groups is 1. The number of likely N-dealkylation sites (tertiary alicyclic amines) is 1. The molecule has 4 rings (SSSR count). The molecule has 3 fully saturated rings. The molecule has 272 valence electrons. The number of fused-ring (bicyclic) bond motifs is 1. The number of ketones is 1. The molecule has 1 saturated heterocycles. The molecule has 2 aliphatic carbocycles. The summed E-state index contributed by atoms with van der Waals surface area (Å²) in [6, 6.07) is 4.93. The number of alkyl halides is 2. The summed E-state index contributed by atoms with van der Waals surface area (Å²) in [5.41, 5.74) is 5.23. The van der Waals surface area contributed by atoms with Crippen LogP contribution in [0, 0.1) is 29.1 Å². The van der Waals surface area contributed by atoms with E-state index in [0.29, 0.717) is 0 Å². The first-order valence-corrected chi connectivity index (χ1v) is 17.6. The summed E-state index contributed by atoms with van der Waals surface area (Å²) in [5, 5.41) is 7.72. The topological polar surface area (TPSA) is 177 Å². The highest BCUT2D eigenvalue weighted by atomic mass is 35.5. The number of nitrogens with one attached hydrogen (secondary N) is 3. The number of hydrogen-bond donors (Lipinski definition) is 4. The number of benzene rings is 1. The van der Waals surface area contributed by atoms with E-state index in [4.69, 9.17) is 33.7 Å². The van der Waals surface area contributed by atoms with E-state index >= 15 is 0 Å². The Morgan fingerprint density at radius 2 is 1.59 bits per heavy atom. The second-order valence-electron chi connectivity index (χ2n) is 15.0. The maximum Gasteiger partial charge on any atom is 0.326 e. The van der Waals surface area contributed by atoms with Crippen molar-refractivity contribution in [2.45, 2.75) is 103 Å². The number of nitrogens with two attached hydrogens (primary N) is 1. The summed E-state index contributed by atoms with van der Waals surface area (Å²) in [6.07, 6.45) is 2.46. The van der Waals surface area contributed by atoms with Crippen molar-refractivity contribution in [1.82, 2.24) is 20.9 Å². The number of halogens is 2. The van der Waals surface area contributed by atoms with Gasteiger partial charge in [-0.2, -0.15) is 0 Å². The van der Waals surface area contributed by atoms with Gasteiger partial charge in [0.1, 0.15) is 29.1 Å². The fourth-order valence-corrected chi connectivity index (χ4v) is 6.86. The van der Waals surface area contributed by atoms with E-state index < -0.39 is 87.9 Å². The Morgan fingerprint density at radius 1 is 1.00 bits per heavy atom. The van der Waals surface area contributed by atoms with Gasteiger partial charge in [0.15, 0.2) is 0 Å². The molecule has 14 heteroatoms. The Morgan fingerprint density at radius 3 is 2.10 bits per heavy atom. The van der Waals surface area contributed by atoms with E-state index in [1.54, 1.807) is 27.7 Å². The van der Waals surface area contributed by atoms with E-state index in [0.717, 1.165) is 30.7 Å². The summed E-state index contributed by atoms with van der Waals surface area (Å²) in [4.78, 5) is 78.6. The lowest BCUT2D eigenvalue weighted by atomic mass is 9.80. The number of nitrogens with zero attached hydrogens (tertiary/aromatic N) is 1. The molecule has 1 aromatic carbocycles. The maximum atomic E-state index is 14.0. The van der Waals surface area contributed by atoms with E-state index in [2.05, 4.69) is 36.7 Å². The van der Waals surface area contributed by atoms with Crippen LogP contribution >= 0.6 is 23.2 Å². The van der Waals surface area contributed by atoms with Gasteiger partial charge in [-0.1, -0.05) is 91.1 Å². The highest BCUT2D eigenvalue weighted by molar-refractivity contribution is 6.51. The zero-order valence-electron chi connectivity index (χ0n) is 29.4. The van der Waals surface area contributed by atoms with Crippen molar-refractivity contribution in [3.05, 3.63) is 35.9 Å². The molecule has 0 bridgehead atoms. The SMILES string of the molecule is CC(C)C.CC(OC(=O)CNC(=O)NC(C(=O)N1C[C@H]2[C@@H](C1C(=O)NC(CC1CCC1)C(=O)C(N)=O)C2(Cl)Cl)C(C)(C)C)c1ccccc1. The number of amides is 5. The number of ether oxygens (including phenoxy) is 1. The first kappa shape index (κ1) is 40.1. The average molecular weight is 725 g/mol. The van der Waals surface area contributed by atoms with Crippen LogP contribution in [0.25, 0.3) is 0 Å². The lowest BCUT2D eigenvalue weighted by Gasteiger charge is -2.37. The number of carbonyl (C=O) groups excluding carboxylic acids is 6. The molecule has 2 saturated carbocycles. The summed E-state index contributed by atoms with van der Waals surface area (Å²) in [6.45, 7) is 13.0. The zero-order chi connectivity index (χ0) is 36.8. The minimum absolute atomic E-state index is 0.0468. The van der Waals surface area contributed by atoms with Crippen molar-refractivity contribution in [1.29, 1.82) is 0 Å². The first-order chi connectivity index (χ1) is 22.7. The molecule has 12 nitrogen and oxygen atoms in total. The molecule has 49 heavy (non-hydrogen) atoms. The minimum atomic E-state index is -1.25. The molecule has 0 aromatic heterocycles. The van der Waals surface area contributed by atoms with Crippen molar-refractivity contribution >= 4 is 58.7 Å². The lowest BCUT2D eigenvalue weighted by molar-refractivity contribution is -0.147. The zero-order valence-corrected chi connectivity index (χ0v) is 30.9. The lowest BCUT2D eigenvalue weighted by Crippen LogP contribution is -2.61. The monoisotopic (exact) mass is 723 g/mol. The molecule has 6 atom stereocenters. The largest absolute Gasteiger partial charge is 0.456 e. The van der Waals surface area contributed by atoms with E-state index in [1.165, 1.54) is 4.90 Å². The molecule has 5 N–H and O–H groups in total. The maximum absolute atomic E-state index is 14.0. The van der Waals surface area contributed by atoms with Crippen molar-refractivity contribution in [3.63, 3.8) is 0 Å². The summed E-state index contributed by atoms with van der Waals surface area (Å²) in [5.74, 6) is -4.00. The van der Waals surface area contributed by atoms with Crippen molar-refractivity contribution in [2.75, 3.05) is 13.1 Å². The Hall–Kier alpha value is -3.38. The number of piperidine rings is 1. The fourth-order valence-electron chi connectivity index (χ4n) is 6.04. The van der Waals surface area contributed by atoms with Gasteiger partial charge in [-0.15, -0.1) is 23.2 Å². The van der Waals surface area contributed by atoms with E-state index in [-0.39, 0.29) is 18.9 Å². The predicted octanol–water partition coefficient (Wildman–Crippen LogP) is 4.03. The van der Waals surface area contributed by atoms with Gasteiger partial charge in [0, 0.05) is 18.4 Å². The minimum Gasteiger partial charge on any atom is -0.456 e. The van der Waals surface area contributed by atoms with Gasteiger partial charge in [0.2, 0.25) is 17.6 Å². The molecule has 1 aliphatic heterocycles. The van der Waals surface area contributed by atoms with Crippen LogP contribution in [-0.2, 0) is 28.7 Å². The second-order valence-corrected chi connectivity index (χ2v) is 16.4. The van der Waals surface area contributed by atoms with Crippen molar-refractivity contribution in [3.8, 4) is 0 Å². The quantitative estimate of drug-likeness (QED) is 0.143. The summed E-state index contributed by atoms with van der Waals surface area (Å²) >= 11 is 12.9. The van der Waals surface area contributed by atoms with Gasteiger partial charge in [0.05, 0.1) is 6.04 Å². The third kappa shape index (κ3) is 10.6. The summed E-state index contributed by atoms with van der Waals surface area (Å²) < 4.78 is 4.13.